The van der Waals surface area contributed by atoms with Crippen molar-refractivity contribution in [3.63, 3.8) is 0 Å². The minimum absolute atomic E-state index is 0.244. The molecule has 0 saturated heterocycles. The highest BCUT2D eigenvalue weighted by Crippen LogP contribution is 2.28. The highest BCUT2D eigenvalue weighted by Gasteiger charge is 2.23. The van der Waals surface area contributed by atoms with Crippen molar-refractivity contribution in [1.82, 2.24) is 9.97 Å². The number of rotatable bonds is 5. The van der Waals surface area contributed by atoms with Gasteiger partial charge in [-0.15, -0.1) is 11.6 Å². The van der Waals surface area contributed by atoms with Crippen molar-refractivity contribution >= 4 is 17.5 Å². The van der Waals surface area contributed by atoms with Crippen molar-refractivity contribution in [1.29, 1.82) is 0 Å². The van der Waals surface area contributed by atoms with Gasteiger partial charge in [0.2, 0.25) is 17.7 Å². The molecule has 0 amide bonds. The van der Waals surface area contributed by atoms with Gasteiger partial charge in [-0.1, -0.05) is 12.8 Å². The van der Waals surface area contributed by atoms with E-state index >= 15 is 0 Å². The summed E-state index contributed by atoms with van der Waals surface area (Å²) in [6.07, 6.45) is 4.73. The van der Waals surface area contributed by atoms with E-state index in [-0.39, 0.29) is 5.38 Å². The fraction of sp³-hybridized carbons (Fsp3) is 0.692. The molecule has 1 aliphatic carbocycles. The minimum atomic E-state index is 0.244. The highest BCUT2D eigenvalue weighted by atomic mass is 35.5. The molecule has 1 saturated carbocycles. The maximum atomic E-state index is 6.34. The van der Waals surface area contributed by atoms with Crippen LogP contribution in [0.2, 0.25) is 0 Å². The fourth-order valence-electron chi connectivity index (χ4n) is 2.31. The number of methoxy groups -OCH3 is 2. The molecular formula is C13H20ClN3O2. The zero-order valence-corrected chi connectivity index (χ0v) is 12.1. The van der Waals surface area contributed by atoms with Crippen LogP contribution in [0.1, 0.15) is 25.7 Å². The summed E-state index contributed by atoms with van der Waals surface area (Å²) in [7, 11) is 3.14. The molecule has 6 heteroatoms. The number of halogens is 1. The van der Waals surface area contributed by atoms with E-state index in [0.29, 0.717) is 23.6 Å². The molecule has 0 aliphatic heterocycles. The Hall–Kier alpha value is -1.23. The first kappa shape index (κ1) is 14.2. The first-order valence-corrected chi connectivity index (χ1v) is 7.01. The fourth-order valence-corrected chi connectivity index (χ4v) is 2.68. The van der Waals surface area contributed by atoms with Crippen LogP contribution in [-0.4, -0.2) is 36.1 Å². The largest absolute Gasteiger partial charge is 0.481 e. The van der Waals surface area contributed by atoms with Gasteiger partial charge in [0, 0.05) is 11.9 Å². The molecule has 1 N–H and O–H groups in total. The van der Waals surface area contributed by atoms with Crippen molar-refractivity contribution in [2.75, 3.05) is 26.1 Å². The highest BCUT2D eigenvalue weighted by molar-refractivity contribution is 6.20. The summed E-state index contributed by atoms with van der Waals surface area (Å²) in [5.74, 6) is 1.96. The molecule has 2 rings (SSSR count). The second-order valence-electron chi connectivity index (χ2n) is 4.72. The molecule has 106 valence electrons. The van der Waals surface area contributed by atoms with Crippen LogP contribution in [0.3, 0.4) is 0 Å². The molecule has 2 unspecified atom stereocenters. The maximum absolute atomic E-state index is 6.34. The summed E-state index contributed by atoms with van der Waals surface area (Å²) in [5, 5.41) is 3.47. The lowest BCUT2D eigenvalue weighted by Crippen LogP contribution is -2.27. The third kappa shape index (κ3) is 3.86. The number of nitrogens with one attached hydrogen (secondary N) is 1. The van der Waals surface area contributed by atoms with Gasteiger partial charge in [-0.2, -0.15) is 9.97 Å². The number of alkyl halides is 1. The number of hydrogen-bond acceptors (Lipinski definition) is 5. The molecule has 0 radical (unpaired) electrons. The Morgan fingerprint density at radius 3 is 2.42 bits per heavy atom. The maximum Gasteiger partial charge on any atom is 0.229 e. The number of anilines is 1. The lowest BCUT2D eigenvalue weighted by Gasteiger charge is -2.27. The van der Waals surface area contributed by atoms with Crippen LogP contribution < -0.4 is 14.8 Å². The van der Waals surface area contributed by atoms with E-state index in [1.54, 1.807) is 20.3 Å². The molecule has 1 aromatic heterocycles. The summed E-state index contributed by atoms with van der Waals surface area (Å²) >= 11 is 6.34. The van der Waals surface area contributed by atoms with Crippen molar-refractivity contribution < 1.29 is 9.47 Å². The Morgan fingerprint density at radius 2 is 1.84 bits per heavy atom. The second kappa shape index (κ2) is 6.80. The average Bonchev–Trinajstić information content (AvgIpc) is 2.46. The Labute approximate surface area is 118 Å². The smallest absolute Gasteiger partial charge is 0.229 e. The van der Waals surface area contributed by atoms with Gasteiger partial charge in [0.15, 0.2) is 0 Å². The molecule has 19 heavy (non-hydrogen) atoms. The zero-order chi connectivity index (χ0) is 13.7. The molecule has 0 aromatic carbocycles. The van der Waals surface area contributed by atoms with Gasteiger partial charge in [-0.3, -0.25) is 0 Å². The summed E-state index contributed by atoms with van der Waals surface area (Å²) in [5.41, 5.74) is 0. The van der Waals surface area contributed by atoms with Crippen molar-refractivity contribution in [3.8, 4) is 11.8 Å². The summed E-state index contributed by atoms with van der Waals surface area (Å²) < 4.78 is 10.2. The van der Waals surface area contributed by atoms with Crippen LogP contribution >= 0.6 is 11.6 Å². The van der Waals surface area contributed by atoms with Crippen LogP contribution in [0, 0.1) is 5.92 Å². The Balaban J connectivity index is 1.98. The van der Waals surface area contributed by atoms with Crippen molar-refractivity contribution in [2.45, 2.75) is 31.1 Å². The van der Waals surface area contributed by atoms with Crippen LogP contribution in [0.5, 0.6) is 11.8 Å². The molecular weight excluding hydrogens is 266 g/mol. The van der Waals surface area contributed by atoms with Gasteiger partial charge in [-0.05, 0) is 18.8 Å². The molecule has 1 heterocycles. The van der Waals surface area contributed by atoms with Crippen molar-refractivity contribution in [3.05, 3.63) is 6.07 Å². The Morgan fingerprint density at radius 1 is 1.21 bits per heavy atom. The van der Waals surface area contributed by atoms with Crippen LogP contribution in [-0.2, 0) is 0 Å². The molecule has 2 atom stereocenters. The lowest BCUT2D eigenvalue weighted by molar-refractivity contribution is 0.369. The third-order valence-corrected chi connectivity index (χ3v) is 4.01. The van der Waals surface area contributed by atoms with E-state index in [4.69, 9.17) is 21.1 Å². The van der Waals surface area contributed by atoms with E-state index in [1.165, 1.54) is 12.8 Å². The van der Waals surface area contributed by atoms with E-state index in [0.717, 1.165) is 19.4 Å². The van der Waals surface area contributed by atoms with Crippen LogP contribution in [0.4, 0.5) is 5.95 Å². The predicted octanol–water partition coefficient (Wildman–Crippen LogP) is 2.70. The quantitative estimate of drug-likeness (QED) is 0.843. The summed E-state index contributed by atoms with van der Waals surface area (Å²) in [6, 6.07) is 1.65. The Kier molecular flexibility index (Phi) is 5.07. The molecule has 1 aliphatic rings. The predicted molar refractivity (Wildman–Crippen MR) is 75.2 cm³/mol. The topological polar surface area (TPSA) is 56.3 Å². The molecule has 1 fully saturated rings. The number of nitrogens with zero attached hydrogens (tertiary/aromatic N) is 2. The van der Waals surface area contributed by atoms with E-state index in [2.05, 4.69) is 15.3 Å². The number of aromatic nitrogens is 2. The van der Waals surface area contributed by atoms with E-state index in [9.17, 15) is 0 Å². The normalized spacial score (nSPS) is 22.9. The average molecular weight is 286 g/mol. The van der Waals surface area contributed by atoms with E-state index in [1.807, 2.05) is 0 Å². The van der Waals surface area contributed by atoms with Crippen molar-refractivity contribution in [2.24, 2.45) is 5.92 Å². The SMILES string of the molecule is COc1cc(OC)nc(NCC2CCCCC2Cl)n1. The van der Waals surface area contributed by atoms with E-state index < -0.39 is 0 Å². The number of ether oxygens (including phenoxy) is 2. The van der Waals surface area contributed by atoms with Gasteiger partial charge in [-0.25, -0.2) is 0 Å². The van der Waals surface area contributed by atoms with Gasteiger partial charge < -0.3 is 14.8 Å². The van der Waals surface area contributed by atoms with Crippen LogP contribution in [0.25, 0.3) is 0 Å². The standard InChI is InChI=1S/C13H20ClN3O2/c1-18-11-7-12(19-2)17-13(16-11)15-8-9-5-3-4-6-10(9)14/h7,9-10H,3-6,8H2,1-2H3,(H,15,16,17). The third-order valence-electron chi connectivity index (χ3n) is 3.44. The summed E-state index contributed by atoms with van der Waals surface area (Å²) in [6.45, 7) is 0.782. The van der Waals surface area contributed by atoms with Gasteiger partial charge in [0.25, 0.3) is 0 Å². The molecule has 0 bridgehead atoms. The molecule has 1 aromatic rings. The first-order chi connectivity index (χ1) is 9.22. The second-order valence-corrected chi connectivity index (χ2v) is 5.28. The molecule has 0 spiro atoms. The van der Waals surface area contributed by atoms with Gasteiger partial charge in [0.05, 0.1) is 20.3 Å². The number of hydrogen-bond donors (Lipinski definition) is 1. The minimum Gasteiger partial charge on any atom is -0.481 e. The summed E-state index contributed by atoms with van der Waals surface area (Å²) in [4.78, 5) is 8.48. The zero-order valence-electron chi connectivity index (χ0n) is 11.4. The lowest BCUT2D eigenvalue weighted by atomic mass is 9.89. The Bertz CT molecular complexity index is 395. The first-order valence-electron chi connectivity index (χ1n) is 6.58. The molecule has 5 nitrogen and oxygen atoms in total. The monoisotopic (exact) mass is 285 g/mol. The van der Waals surface area contributed by atoms with Crippen LogP contribution in [0.15, 0.2) is 6.07 Å². The van der Waals surface area contributed by atoms with Gasteiger partial charge in [0.1, 0.15) is 0 Å². The van der Waals surface area contributed by atoms with Gasteiger partial charge >= 0.3 is 0 Å².